The van der Waals surface area contributed by atoms with Crippen LogP contribution in [0.1, 0.15) is 25.1 Å². The molecular weight excluding hydrogens is 404 g/mol. The molecule has 1 N–H and O–H groups in total. The average molecular weight is 435 g/mol. The van der Waals surface area contributed by atoms with Gasteiger partial charge in [-0.3, -0.25) is 0 Å². The summed E-state index contributed by atoms with van der Waals surface area (Å²) < 4.78 is 32.7. The second kappa shape index (κ2) is 10.9. The maximum absolute atomic E-state index is 13.0. The zero-order valence-electron chi connectivity index (χ0n) is 17.7. The lowest BCUT2D eigenvalue weighted by atomic mass is 10.2. The van der Waals surface area contributed by atoms with Crippen molar-refractivity contribution in [3.63, 3.8) is 0 Å². The van der Waals surface area contributed by atoms with E-state index in [-0.39, 0.29) is 36.1 Å². The minimum absolute atomic E-state index is 0.0255. The van der Waals surface area contributed by atoms with E-state index in [9.17, 15) is 13.2 Å². The van der Waals surface area contributed by atoms with Crippen molar-refractivity contribution in [2.24, 2.45) is 0 Å². The van der Waals surface area contributed by atoms with Gasteiger partial charge < -0.3 is 19.5 Å². The van der Waals surface area contributed by atoms with Crippen LogP contribution in [0.25, 0.3) is 0 Å². The van der Waals surface area contributed by atoms with Crippen LogP contribution in [-0.4, -0.2) is 55.2 Å². The van der Waals surface area contributed by atoms with Crippen LogP contribution in [0, 0.1) is 0 Å². The molecule has 164 valence electrons. The smallest absolute Gasteiger partial charge is 0.318 e. The number of rotatable bonds is 11. The Morgan fingerprint density at radius 1 is 1.33 bits per heavy atom. The fourth-order valence-electron chi connectivity index (χ4n) is 2.94. The molecule has 1 aromatic heterocycles. The number of imidazole rings is 1. The fourth-order valence-corrected chi connectivity index (χ4v) is 4.44. The molecule has 1 aromatic carbocycles. The predicted molar refractivity (Wildman–Crippen MR) is 116 cm³/mol. The predicted octanol–water partition coefficient (Wildman–Crippen LogP) is 2.61. The van der Waals surface area contributed by atoms with Crippen LogP contribution in [0.2, 0.25) is 0 Å². The average Bonchev–Trinajstić information content (AvgIpc) is 3.08. The number of urea groups is 1. The molecular formula is C21H30N4O4S. The normalized spacial score (nSPS) is 11.5. The first kappa shape index (κ1) is 23.6. The molecule has 0 aliphatic rings. The molecule has 8 nitrogen and oxygen atoms in total. The van der Waals surface area contributed by atoms with E-state index in [0.717, 1.165) is 0 Å². The van der Waals surface area contributed by atoms with Gasteiger partial charge >= 0.3 is 6.03 Å². The Morgan fingerprint density at radius 3 is 2.63 bits per heavy atom. The molecule has 0 aliphatic carbocycles. The number of aromatic nitrogens is 2. The molecule has 0 atom stereocenters. The Labute approximate surface area is 178 Å². The number of allylic oxidation sites excluding steroid dienone is 1. The number of hydrogen-bond donors (Lipinski definition) is 1. The fraction of sp³-hybridized carbons (Fsp3) is 0.429. The Hall–Kier alpha value is -2.65. The minimum atomic E-state index is -3.68. The third kappa shape index (κ3) is 6.43. The zero-order valence-corrected chi connectivity index (χ0v) is 18.6. The molecule has 2 amide bonds. The third-order valence-corrected chi connectivity index (χ3v) is 5.90. The van der Waals surface area contributed by atoms with Crippen molar-refractivity contribution in [2.45, 2.75) is 43.9 Å². The first-order chi connectivity index (χ1) is 14.3. The number of carbonyl (C=O) groups excluding carboxylic acids is 1. The van der Waals surface area contributed by atoms with E-state index < -0.39 is 9.84 Å². The van der Waals surface area contributed by atoms with Gasteiger partial charge in [-0.15, -0.1) is 6.58 Å². The number of amides is 2. The second-order valence-corrected chi connectivity index (χ2v) is 9.08. The van der Waals surface area contributed by atoms with Gasteiger partial charge in [-0.05, 0) is 19.4 Å². The molecule has 0 spiro atoms. The standard InChI is InChI=1S/C21H30N4O4S/c1-5-11-25-19(15-24(12-13-29-4)20(26)23-17(2)3)14-22-21(25)30(27,28)16-18-9-7-6-8-10-18/h5-10,14,17H,1,11-13,15-16H2,2-4H3,(H,23,26). The van der Waals surface area contributed by atoms with E-state index >= 15 is 0 Å². The van der Waals surface area contributed by atoms with Crippen molar-refractivity contribution < 1.29 is 17.9 Å². The van der Waals surface area contributed by atoms with E-state index in [0.29, 0.717) is 24.4 Å². The molecule has 1 heterocycles. The molecule has 0 unspecified atom stereocenters. The lowest BCUT2D eigenvalue weighted by Gasteiger charge is -2.24. The van der Waals surface area contributed by atoms with Gasteiger partial charge in [0.15, 0.2) is 0 Å². The van der Waals surface area contributed by atoms with Gasteiger partial charge in [0.05, 0.1) is 30.8 Å². The van der Waals surface area contributed by atoms with E-state index in [1.807, 2.05) is 19.9 Å². The van der Waals surface area contributed by atoms with E-state index in [1.165, 1.54) is 6.20 Å². The first-order valence-corrected chi connectivity index (χ1v) is 11.4. The zero-order chi connectivity index (χ0) is 22.1. The van der Waals surface area contributed by atoms with E-state index in [2.05, 4.69) is 16.9 Å². The summed E-state index contributed by atoms with van der Waals surface area (Å²) >= 11 is 0. The number of benzene rings is 1. The number of carbonyl (C=O) groups is 1. The molecule has 0 bridgehead atoms. The van der Waals surface area contributed by atoms with E-state index in [1.54, 1.807) is 46.9 Å². The van der Waals surface area contributed by atoms with Crippen LogP contribution < -0.4 is 5.32 Å². The van der Waals surface area contributed by atoms with Crippen molar-refractivity contribution in [1.82, 2.24) is 19.8 Å². The summed E-state index contributed by atoms with van der Waals surface area (Å²) in [6.07, 6.45) is 3.12. The monoisotopic (exact) mass is 434 g/mol. The number of methoxy groups -OCH3 is 1. The Balaban J connectivity index is 2.33. The molecule has 0 saturated carbocycles. The van der Waals surface area contributed by atoms with Gasteiger partial charge in [0.1, 0.15) is 0 Å². The van der Waals surface area contributed by atoms with Crippen LogP contribution in [0.5, 0.6) is 0 Å². The summed E-state index contributed by atoms with van der Waals surface area (Å²) in [6.45, 7) is 8.67. The van der Waals surface area contributed by atoms with E-state index in [4.69, 9.17) is 4.74 Å². The molecule has 2 rings (SSSR count). The molecule has 30 heavy (non-hydrogen) atoms. The summed E-state index contributed by atoms with van der Waals surface area (Å²) in [5.74, 6) is -0.150. The van der Waals surface area contributed by atoms with Gasteiger partial charge in [-0.25, -0.2) is 18.2 Å². The van der Waals surface area contributed by atoms with Crippen molar-refractivity contribution in [3.05, 3.63) is 60.4 Å². The lowest BCUT2D eigenvalue weighted by molar-refractivity contribution is 0.144. The quantitative estimate of drug-likeness (QED) is 0.549. The second-order valence-electron chi connectivity index (χ2n) is 7.19. The van der Waals surface area contributed by atoms with Gasteiger partial charge in [0.2, 0.25) is 15.0 Å². The van der Waals surface area contributed by atoms with Gasteiger partial charge in [0.25, 0.3) is 0 Å². The molecule has 0 saturated heterocycles. The molecule has 0 aliphatic heterocycles. The van der Waals surface area contributed by atoms with Crippen molar-refractivity contribution in [3.8, 4) is 0 Å². The van der Waals surface area contributed by atoms with Gasteiger partial charge in [-0.1, -0.05) is 36.4 Å². The van der Waals surface area contributed by atoms with Gasteiger partial charge in [-0.2, -0.15) is 0 Å². The van der Waals surface area contributed by atoms with Gasteiger partial charge in [0, 0.05) is 26.2 Å². The lowest BCUT2D eigenvalue weighted by Crippen LogP contribution is -2.44. The highest BCUT2D eigenvalue weighted by molar-refractivity contribution is 7.90. The summed E-state index contributed by atoms with van der Waals surface area (Å²) in [6, 6.07) is 8.69. The Bertz CT molecular complexity index is 939. The number of nitrogens with one attached hydrogen (secondary N) is 1. The number of sulfone groups is 1. The van der Waals surface area contributed by atoms with Crippen LogP contribution in [0.3, 0.4) is 0 Å². The maximum Gasteiger partial charge on any atom is 0.318 e. The Morgan fingerprint density at radius 2 is 2.03 bits per heavy atom. The summed E-state index contributed by atoms with van der Waals surface area (Å²) in [4.78, 5) is 18.3. The molecule has 0 radical (unpaired) electrons. The first-order valence-electron chi connectivity index (χ1n) is 9.74. The van der Waals surface area contributed by atoms with Crippen LogP contribution in [0.15, 0.2) is 54.3 Å². The van der Waals surface area contributed by atoms with Crippen molar-refractivity contribution in [1.29, 1.82) is 0 Å². The maximum atomic E-state index is 13.0. The number of hydrogen-bond acceptors (Lipinski definition) is 5. The van der Waals surface area contributed by atoms with Crippen LogP contribution >= 0.6 is 0 Å². The van der Waals surface area contributed by atoms with Crippen LogP contribution in [-0.2, 0) is 33.4 Å². The summed E-state index contributed by atoms with van der Waals surface area (Å²) in [5, 5.41) is 2.83. The third-order valence-electron chi connectivity index (χ3n) is 4.31. The SMILES string of the molecule is C=CCn1c(CN(CCOC)C(=O)NC(C)C)cnc1S(=O)(=O)Cc1ccccc1. The number of ether oxygens (including phenoxy) is 1. The highest BCUT2D eigenvalue weighted by Crippen LogP contribution is 2.19. The molecule has 9 heteroatoms. The van der Waals surface area contributed by atoms with Crippen molar-refractivity contribution in [2.75, 3.05) is 20.3 Å². The summed E-state index contributed by atoms with van der Waals surface area (Å²) in [7, 11) is -2.11. The molecule has 2 aromatic rings. The largest absolute Gasteiger partial charge is 0.383 e. The summed E-state index contributed by atoms with van der Waals surface area (Å²) in [5.41, 5.74) is 1.29. The molecule has 0 fully saturated rings. The number of nitrogens with zero attached hydrogens (tertiary/aromatic N) is 3. The topological polar surface area (TPSA) is 93.5 Å². The highest BCUT2D eigenvalue weighted by atomic mass is 32.2. The Kier molecular flexibility index (Phi) is 8.61. The van der Waals surface area contributed by atoms with Crippen LogP contribution in [0.4, 0.5) is 4.79 Å². The van der Waals surface area contributed by atoms with Crippen molar-refractivity contribution >= 4 is 15.9 Å². The minimum Gasteiger partial charge on any atom is -0.383 e. The highest BCUT2D eigenvalue weighted by Gasteiger charge is 2.25.